The van der Waals surface area contributed by atoms with E-state index in [0.29, 0.717) is 5.92 Å². The van der Waals surface area contributed by atoms with Gasteiger partial charge < -0.3 is 5.32 Å². The van der Waals surface area contributed by atoms with Crippen LogP contribution in [0.4, 0.5) is 0 Å². The number of allylic oxidation sites excluding steroid dienone is 10. The molecule has 2 aliphatic carbocycles. The van der Waals surface area contributed by atoms with Crippen LogP contribution >= 0.6 is 0 Å². The fourth-order valence-electron chi connectivity index (χ4n) is 4.00. The number of hydrogen-bond donors (Lipinski definition) is 1. The van der Waals surface area contributed by atoms with Gasteiger partial charge in [-0.15, -0.1) is 0 Å². The molecule has 0 aromatic heterocycles. The van der Waals surface area contributed by atoms with Crippen LogP contribution in [-0.2, 0) is 0 Å². The van der Waals surface area contributed by atoms with Gasteiger partial charge in [0.05, 0.1) is 0 Å². The lowest BCUT2D eigenvalue weighted by atomic mass is 9.81. The molecule has 2 heteroatoms. The van der Waals surface area contributed by atoms with Gasteiger partial charge in [-0.2, -0.15) is 0 Å². The van der Waals surface area contributed by atoms with Gasteiger partial charge in [-0.05, 0) is 107 Å². The minimum atomic E-state index is 0.660. The number of amidine groups is 1. The second-order valence-electron chi connectivity index (χ2n) is 10.0. The normalized spacial score (nSPS) is 16.0. The zero-order valence-corrected chi connectivity index (χ0v) is 29.0. The molecule has 1 N–H and O–H groups in total. The van der Waals surface area contributed by atoms with E-state index in [-0.39, 0.29) is 0 Å². The summed E-state index contributed by atoms with van der Waals surface area (Å²) < 4.78 is 0. The zero-order chi connectivity index (χ0) is 31.5. The highest BCUT2D eigenvalue weighted by Crippen LogP contribution is 2.38. The Morgan fingerprint density at radius 1 is 0.825 bits per heavy atom. The number of nitrogens with zero attached hydrogens (tertiary/aromatic N) is 1. The Balaban J connectivity index is -0.000000695. The van der Waals surface area contributed by atoms with E-state index in [4.69, 9.17) is 0 Å². The standard InChI is InChI=1S/C22H32N2.C7H12.C5H12.2C2H6/c1-8-19(9-2)16(5)12-15-21(10-3)24-18(7)23-17(6)22(11-4)20-13-14-20;1-6(2)7-4-3-5-7;1-3-5-4-2;2*1-2/h8,10-12,15,20H,3-4,9,13-14H2,1-2,5-7H3,(H,23,24);7H,1,3-5H2,2H3;3-5H2,1-2H3;2*1-2H3/b16-12+,19-8+,21-15+,22-17+;;;;. The first-order chi connectivity index (χ1) is 19.2. The summed E-state index contributed by atoms with van der Waals surface area (Å²) in [5, 5.41) is 3.33. The lowest BCUT2D eigenvalue weighted by molar-refractivity contribution is 0.369. The van der Waals surface area contributed by atoms with E-state index >= 15 is 0 Å². The predicted octanol–water partition coefficient (Wildman–Crippen LogP) is 12.8. The van der Waals surface area contributed by atoms with Crippen molar-refractivity contribution in [3.8, 4) is 0 Å². The largest absolute Gasteiger partial charge is 0.344 e. The van der Waals surface area contributed by atoms with Crippen LogP contribution in [-0.4, -0.2) is 5.84 Å². The monoisotopic (exact) mass is 553 g/mol. The SMILES string of the molecule is C=C(C)C1CCC1.C=C/C(=C(/C)N=C(C)N/C(C=C)=C/C=C(C)/C(=C/C)CC)C1CC1.CC.CC.CCCCC. The molecule has 2 fully saturated rings. The topological polar surface area (TPSA) is 24.4 Å². The number of rotatable bonds is 11. The van der Waals surface area contributed by atoms with Crippen LogP contribution in [0.15, 0.2) is 88.8 Å². The molecule has 0 aromatic rings. The lowest BCUT2D eigenvalue weighted by Gasteiger charge is -2.25. The summed E-state index contributed by atoms with van der Waals surface area (Å²) in [7, 11) is 0. The molecule has 2 saturated carbocycles. The molecule has 0 heterocycles. The molecule has 0 spiro atoms. The maximum Gasteiger partial charge on any atom is 0.103 e. The van der Waals surface area contributed by atoms with Crippen LogP contribution in [0.2, 0.25) is 0 Å². The smallest absolute Gasteiger partial charge is 0.103 e. The third-order valence-corrected chi connectivity index (χ3v) is 6.79. The number of unbranched alkanes of at least 4 members (excludes halogenated alkanes) is 2. The first kappa shape index (κ1) is 42.1. The van der Waals surface area contributed by atoms with Crippen molar-refractivity contribution in [2.75, 3.05) is 0 Å². The summed E-state index contributed by atoms with van der Waals surface area (Å²) in [5.74, 6) is 2.42. The molecule has 0 aromatic carbocycles. The summed E-state index contributed by atoms with van der Waals surface area (Å²) in [5.41, 5.74) is 7.28. The Kier molecular flexibility index (Phi) is 29.7. The third kappa shape index (κ3) is 20.5. The van der Waals surface area contributed by atoms with Crippen LogP contribution in [0.25, 0.3) is 0 Å². The van der Waals surface area contributed by atoms with Gasteiger partial charge >= 0.3 is 0 Å². The minimum absolute atomic E-state index is 0.660. The predicted molar refractivity (Wildman–Crippen MR) is 188 cm³/mol. The van der Waals surface area contributed by atoms with Gasteiger partial charge in [0, 0.05) is 11.4 Å². The third-order valence-electron chi connectivity index (χ3n) is 6.79. The lowest BCUT2D eigenvalue weighted by Crippen LogP contribution is -2.18. The van der Waals surface area contributed by atoms with E-state index in [2.05, 4.69) is 96.7 Å². The summed E-state index contributed by atoms with van der Waals surface area (Å²) in [6.07, 6.45) is 22.0. The maximum atomic E-state index is 4.68. The first-order valence-corrected chi connectivity index (χ1v) is 16.2. The van der Waals surface area contributed by atoms with Crippen molar-refractivity contribution in [2.45, 2.75) is 141 Å². The van der Waals surface area contributed by atoms with Crippen LogP contribution in [0.3, 0.4) is 0 Å². The average Bonchev–Trinajstić information content (AvgIpc) is 3.75. The van der Waals surface area contributed by atoms with Crippen molar-refractivity contribution in [2.24, 2.45) is 16.8 Å². The summed E-state index contributed by atoms with van der Waals surface area (Å²) in [6, 6.07) is 0. The Labute approximate surface area is 252 Å². The van der Waals surface area contributed by atoms with E-state index in [1.807, 2.05) is 46.8 Å². The molecule has 0 radical (unpaired) electrons. The molecule has 230 valence electrons. The highest BCUT2D eigenvalue weighted by molar-refractivity contribution is 5.82. The number of aliphatic imine (C=N–C) groups is 1. The maximum absolute atomic E-state index is 4.68. The molecule has 40 heavy (non-hydrogen) atoms. The van der Waals surface area contributed by atoms with Crippen LogP contribution in [0.1, 0.15) is 141 Å². The molecule has 2 rings (SSSR count). The Morgan fingerprint density at radius 3 is 1.65 bits per heavy atom. The summed E-state index contributed by atoms with van der Waals surface area (Å²) in [4.78, 5) is 4.68. The molecule has 2 nitrogen and oxygen atoms in total. The molecular weight excluding hydrogens is 484 g/mol. The first-order valence-electron chi connectivity index (χ1n) is 16.2. The molecule has 0 amide bonds. The van der Waals surface area contributed by atoms with Gasteiger partial charge in [0.1, 0.15) is 5.84 Å². The van der Waals surface area contributed by atoms with Crippen molar-refractivity contribution in [1.82, 2.24) is 5.32 Å². The van der Waals surface area contributed by atoms with Crippen molar-refractivity contribution in [3.63, 3.8) is 0 Å². The van der Waals surface area contributed by atoms with Crippen molar-refractivity contribution >= 4 is 5.84 Å². The van der Waals surface area contributed by atoms with Gasteiger partial charge in [0.2, 0.25) is 0 Å². The van der Waals surface area contributed by atoms with E-state index in [1.54, 1.807) is 0 Å². The second kappa shape index (κ2) is 28.2. The van der Waals surface area contributed by atoms with Gasteiger partial charge in [0.25, 0.3) is 0 Å². The zero-order valence-electron chi connectivity index (χ0n) is 29.0. The van der Waals surface area contributed by atoms with Crippen molar-refractivity contribution in [3.05, 3.63) is 83.8 Å². The Morgan fingerprint density at radius 2 is 1.38 bits per heavy atom. The highest BCUT2D eigenvalue weighted by Gasteiger charge is 2.25. The molecule has 0 bridgehead atoms. The minimum Gasteiger partial charge on any atom is -0.344 e. The van der Waals surface area contributed by atoms with Crippen LogP contribution < -0.4 is 5.32 Å². The van der Waals surface area contributed by atoms with Gasteiger partial charge in [-0.25, -0.2) is 4.99 Å². The van der Waals surface area contributed by atoms with Crippen LogP contribution in [0, 0.1) is 11.8 Å². The second-order valence-corrected chi connectivity index (χ2v) is 10.0. The average molecular weight is 553 g/mol. The molecule has 0 atom stereocenters. The molecule has 0 aliphatic heterocycles. The Hall–Kier alpha value is -2.35. The molecule has 2 aliphatic rings. The number of hydrogen-bond acceptors (Lipinski definition) is 1. The van der Waals surface area contributed by atoms with Gasteiger partial charge in [0.15, 0.2) is 0 Å². The fourth-order valence-corrected chi connectivity index (χ4v) is 4.00. The Bertz CT molecular complexity index is 835. The van der Waals surface area contributed by atoms with Gasteiger partial charge in [-0.1, -0.05) is 118 Å². The highest BCUT2D eigenvalue weighted by atomic mass is 15.0. The summed E-state index contributed by atoms with van der Waals surface area (Å²) >= 11 is 0. The summed E-state index contributed by atoms with van der Waals surface area (Å²) in [6.45, 7) is 36.7. The van der Waals surface area contributed by atoms with E-state index in [1.165, 1.54) is 73.7 Å². The van der Waals surface area contributed by atoms with E-state index in [0.717, 1.165) is 29.6 Å². The fraction of sp³-hybridized carbons (Fsp3) is 0.605. The molecular formula is C38H68N2. The van der Waals surface area contributed by atoms with Crippen molar-refractivity contribution in [1.29, 1.82) is 0 Å². The van der Waals surface area contributed by atoms with Gasteiger partial charge in [-0.3, -0.25) is 0 Å². The van der Waals surface area contributed by atoms with Crippen molar-refractivity contribution < 1.29 is 0 Å². The molecule has 0 unspecified atom stereocenters. The quantitative estimate of drug-likeness (QED) is 0.117. The number of nitrogens with one attached hydrogen (secondary N) is 1. The van der Waals surface area contributed by atoms with E-state index < -0.39 is 0 Å². The molecule has 0 saturated heterocycles. The van der Waals surface area contributed by atoms with Crippen LogP contribution in [0.5, 0.6) is 0 Å². The van der Waals surface area contributed by atoms with E-state index in [9.17, 15) is 0 Å².